The van der Waals surface area contributed by atoms with E-state index in [1.165, 1.54) is 0 Å². The van der Waals surface area contributed by atoms with Crippen LogP contribution in [0.4, 0.5) is 23.0 Å². The molecule has 1 rings (SSSR count). The second-order valence-corrected chi connectivity index (χ2v) is 2.30. The summed E-state index contributed by atoms with van der Waals surface area (Å²) in [5.74, 6) is 0.690. The highest BCUT2D eigenvalue weighted by Crippen LogP contribution is 2.18. The summed E-state index contributed by atoms with van der Waals surface area (Å²) in [4.78, 5) is 3.00. The van der Waals surface area contributed by atoms with Crippen LogP contribution in [-0.4, -0.2) is 14.4 Å². The van der Waals surface area contributed by atoms with Gasteiger partial charge in [-0.3, -0.25) is 0 Å². The van der Waals surface area contributed by atoms with Gasteiger partial charge in [0.1, 0.15) is 5.75 Å². The number of diazo groups is 1. The molecular weight excluding hydrogens is 215 g/mol. The maximum Gasteiger partial charge on any atom is 0.673 e. The number of ether oxygens (including phenoxy) is 1. The predicted molar refractivity (Wildman–Crippen MR) is 47.9 cm³/mol. The summed E-state index contributed by atoms with van der Waals surface area (Å²) in [6.07, 6.45) is 0. The fourth-order valence-electron chi connectivity index (χ4n) is 0.673. The molecule has 0 fully saturated rings. The second-order valence-electron chi connectivity index (χ2n) is 2.30. The zero-order valence-corrected chi connectivity index (χ0v) is 7.70. The van der Waals surface area contributed by atoms with Crippen molar-refractivity contribution in [2.75, 3.05) is 7.11 Å². The second kappa shape index (κ2) is 5.85. The lowest BCUT2D eigenvalue weighted by atomic mass is 10.3. The molecule has 0 amide bonds. The molecule has 0 N–H and O–H groups in total. The standard InChI is InChI=1S/C7H7N2O.BF4/c1-10-7-4-2-3-6(5-7)9-8;2-1(3,4)5/h2-5H,1H3;/q+1;-1. The predicted octanol–water partition coefficient (Wildman–Crippen LogP) is 3.48. The number of nitrogens with zero attached hydrogens (tertiary/aromatic N) is 2. The summed E-state index contributed by atoms with van der Waals surface area (Å²) in [5.41, 5.74) is 0.499. The van der Waals surface area contributed by atoms with Crippen molar-refractivity contribution in [1.29, 1.82) is 5.39 Å². The summed E-state index contributed by atoms with van der Waals surface area (Å²) in [5, 5.41) is 8.33. The Balaban J connectivity index is 0.000000336. The van der Waals surface area contributed by atoms with Gasteiger partial charge in [0.25, 0.3) is 0 Å². The maximum atomic E-state index is 9.75. The van der Waals surface area contributed by atoms with Crippen molar-refractivity contribution in [1.82, 2.24) is 0 Å². The van der Waals surface area contributed by atoms with Gasteiger partial charge in [-0.15, -0.1) is 0 Å². The fourth-order valence-corrected chi connectivity index (χ4v) is 0.673. The molecule has 82 valence electrons. The Kier molecular flexibility index (Phi) is 5.16. The van der Waals surface area contributed by atoms with Crippen molar-refractivity contribution in [3.05, 3.63) is 29.2 Å². The first-order valence-electron chi connectivity index (χ1n) is 3.73. The number of halogens is 4. The van der Waals surface area contributed by atoms with Gasteiger partial charge in [0.15, 0.2) is 4.98 Å². The van der Waals surface area contributed by atoms with Crippen LogP contribution in [0.25, 0.3) is 4.98 Å². The fraction of sp³-hybridized carbons (Fsp3) is 0.143. The molecule has 0 saturated heterocycles. The largest absolute Gasteiger partial charge is 0.673 e. The van der Waals surface area contributed by atoms with Gasteiger partial charge >= 0.3 is 12.9 Å². The molecule has 8 heteroatoms. The number of hydrogen-bond acceptors (Lipinski definition) is 2. The van der Waals surface area contributed by atoms with Gasteiger partial charge in [-0.05, 0) is 6.07 Å². The topological polar surface area (TPSA) is 37.4 Å². The SMILES string of the molecule is COc1cccc([N+]#N)c1.F[B-](F)(F)F. The summed E-state index contributed by atoms with van der Waals surface area (Å²) in [7, 11) is -4.43. The van der Waals surface area contributed by atoms with E-state index in [2.05, 4.69) is 4.98 Å². The van der Waals surface area contributed by atoms with E-state index < -0.39 is 7.25 Å². The van der Waals surface area contributed by atoms with Crippen LogP contribution < -0.4 is 4.74 Å². The Labute approximate surface area is 83.4 Å². The van der Waals surface area contributed by atoms with E-state index in [9.17, 15) is 17.3 Å². The van der Waals surface area contributed by atoms with Crippen LogP contribution in [0.1, 0.15) is 0 Å². The summed E-state index contributed by atoms with van der Waals surface area (Å²) < 4.78 is 43.9. The van der Waals surface area contributed by atoms with Crippen LogP contribution in [0.15, 0.2) is 24.3 Å². The lowest BCUT2D eigenvalue weighted by Gasteiger charge is -1.94. The van der Waals surface area contributed by atoms with E-state index in [0.717, 1.165) is 0 Å². The van der Waals surface area contributed by atoms with Gasteiger partial charge in [0.2, 0.25) is 5.39 Å². The van der Waals surface area contributed by atoms with Crippen LogP contribution in [0.3, 0.4) is 0 Å². The van der Waals surface area contributed by atoms with Crippen LogP contribution >= 0.6 is 0 Å². The normalized spacial score (nSPS) is 9.60. The summed E-state index contributed by atoms with van der Waals surface area (Å²) in [6, 6.07) is 6.87. The minimum Gasteiger partial charge on any atom is -0.496 e. The average Bonchev–Trinajstić information content (AvgIpc) is 2.15. The first-order chi connectivity index (χ1) is 6.86. The minimum absolute atomic E-state index is 0.499. The molecule has 1 aromatic carbocycles. The Bertz CT molecular complexity index is 344. The third kappa shape index (κ3) is 8.55. The molecule has 0 bridgehead atoms. The number of benzene rings is 1. The number of hydrogen-bond donors (Lipinski definition) is 0. The van der Waals surface area contributed by atoms with E-state index in [0.29, 0.717) is 11.4 Å². The van der Waals surface area contributed by atoms with E-state index in [1.807, 2.05) is 0 Å². The first-order valence-corrected chi connectivity index (χ1v) is 3.73. The molecule has 0 radical (unpaired) electrons. The molecule has 15 heavy (non-hydrogen) atoms. The summed E-state index contributed by atoms with van der Waals surface area (Å²) >= 11 is 0. The van der Waals surface area contributed by atoms with Gasteiger partial charge in [-0.25, -0.2) is 0 Å². The van der Waals surface area contributed by atoms with Crippen LogP contribution in [0.2, 0.25) is 0 Å². The zero-order chi connectivity index (χ0) is 11.9. The number of rotatable bonds is 1. The quantitative estimate of drug-likeness (QED) is 0.414. The highest BCUT2D eigenvalue weighted by Gasteiger charge is 2.20. The monoisotopic (exact) mass is 222 g/mol. The van der Waals surface area contributed by atoms with Gasteiger partial charge < -0.3 is 22.0 Å². The van der Waals surface area contributed by atoms with Crippen molar-refractivity contribution in [3.63, 3.8) is 0 Å². The molecule has 1 aromatic rings. The Morgan fingerprint density at radius 3 is 2.20 bits per heavy atom. The third-order valence-electron chi connectivity index (χ3n) is 1.17. The first kappa shape index (κ1) is 13.2. The molecule has 0 atom stereocenters. The smallest absolute Gasteiger partial charge is 0.496 e. The van der Waals surface area contributed by atoms with E-state index in [1.54, 1.807) is 31.4 Å². The number of methoxy groups -OCH3 is 1. The van der Waals surface area contributed by atoms with Crippen LogP contribution in [-0.2, 0) is 0 Å². The molecule has 0 aromatic heterocycles. The zero-order valence-electron chi connectivity index (χ0n) is 7.70. The molecule has 0 aliphatic heterocycles. The maximum absolute atomic E-state index is 9.75. The summed E-state index contributed by atoms with van der Waals surface area (Å²) in [6.45, 7) is 0. The Morgan fingerprint density at radius 2 is 1.80 bits per heavy atom. The van der Waals surface area contributed by atoms with Gasteiger partial charge in [-0.2, -0.15) is 0 Å². The molecular formula is C7H7BF4N2O. The van der Waals surface area contributed by atoms with E-state index >= 15 is 0 Å². The van der Waals surface area contributed by atoms with E-state index in [-0.39, 0.29) is 0 Å². The Hall–Kier alpha value is -1.78. The van der Waals surface area contributed by atoms with Crippen molar-refractivity contribution >= 4 is 12.9 Å². The molecule has 0 unspecified atom stereocenters. The molecule has 0 heterocycles. The van der Waals surface area contributed by atoms with Crippen LogP contribution in [0.5, 0.6) is 5.75 Å². The highest BCUT2D eigenvalue weighted by atomic mass is 19.5. The molecule has 0 aliphatic carbocycles. The van der Waals surface area contributed by atoms with Crippen molar-refractivity contribution in [3.8, 4) is 5.75 Å². The van der Waals surface area contributed by atoms with Gasteiger partial charge in [0.05, 0.1) is 13.2 Å². The lowest BCUT2D eigenvalue weighted by Crippen LogP contribution is -2.02. The van der Waals surface area contributed by atoms with Gasteiger partial charge in [0, 0.05) is 6.07 Å². The third-order valence-corrected chi connectivity index (χ3v) is 1.17. The molecule has 0 saturated carbocycles. The highest BCUT2D eigenvalue weighted by molar-refractivity contribution is 6.50. The van der Waals surface area contributed by atoms with Crippen molar-refractivity contribution < 1.29 is 22.0 Å². The lowest BCUT2D eigenvalue weighted by molar-refractivity contribution is 0.368. The van der Waals surface area contributed by atoms with Crippen molar-refractivity contribution in [2.24, 2.45) is 0 Å². The molecule has 3 nitrogen and oxygen atoms in total. The Morgan fingerprint density at radius 1 is 1.27 bits per heavy atom. The average molecular weight is 222 g/mol. The molecule has 0 aliphatic rings. The van der Waals surface area contributed by atoms with Crippen molar-refractivity contribution in [2.45, 2.75) is 0 Å². The van der Waals surface area contributed by atoms with Gasteiger partial charge in [-0.1, -0.05) is 6.07 Å². The minimum atomic E-state index is -6.00. The molecule has 0 spiro atoms. The van der Waals surface area contributed by atoms with Crippen LogP contribution in [0, 0.1) is 5.39 Å². The van der Waals surface area contributed by atoms with E-state index in [4.69, 9.17) is 10.1 Å².